The predicted molar refractivity (Wildman–Crippen MR) is 86.1 cm³/mol. The Kier molecular flexibility index (Phi) is 6.01. The van der Waals surface area contributed by atoms with Crippen LogP contribution in [0.15, 0.2) is 29.4 Å². The van der Waals surface area contributed by atoms with E-state index >= 15 is 0 Å². The predicted octanol–water partition coefficient (Wildman–Crippen LogP) is 2.07. The molecule has 0 saturated heterocycles. The van der Waals surface area contributed by atoms with Gasteiger partial charge < -0.3 is 4.90 Å². The van der Waals surface area contributed by atoms with E-state index in [0.717, 1.165) is 12.0 Å². The molecule has 126 valence electrons. The lowest BCUT2D eigenvalue weighted by Gasteiger charge is -2.26. The van der Waals surface area contributed by atoms with E-state index < -0.39 is 0 Å². The number of halogens is 1. The number of benzene rings is 1. The van der Waals surface area contributed by atoms with Gasteiger partial charge in [-0.3, -0.25) is 9.59 Å². The first-order chi connectivity index (χ1) is 11.5. The number of rotatable bonds is 6. The average molecular weight is 330 g/mol. The molecule has 1 aromatic rings. The van der Waals surface area contributed by atoms with Crippen LogP contribution in [0.1, 0.15) is 31.7 Å². The van der Waals surface area contributed by atoms with Crippen molar-refractivity contribution >= 4 is 17.5 Å². The quantitative estimate of drug-likeness (QED) is 0.749. The van der Waals surface area contributed by atoms with Crippen molar-refractivity contribution in [1.82, 2.24) is 9.91 Å². The van der Waals surface area contributed by atoms with E-state index in [9.17, 15) is 14.0 Å². The molecule has 1 aliphatic heterocycles. The topological polar surface area (TPSA) is 76.8 Å². The standard InChI is InChI=1S/C17H19FN4O2/c1-2-10-21(11-9-19)17(24)15-7-8-16(23)22(20-15)12-13-3-5-14(18)6-4-13/h3-6H,2,7-8,10-12H2,1H3. The van der Waals surface area contributed by atoms with Crippen LogP contribution >= 0.6 is 0 Å². The van der Waals surface area contributed by atoms with Crippen LogP contribution in [-0.4, -0.2) is 40.5 Å². The van der Waals surface area contributed by atoms with Crippen molar-refractivity contribution < 1.29 is 14.0 Å². The van der Waals surface area contributed by atoms with E-state index in [0.29, 0.717) is 6.54 Å². The van der Waals surface area contributed by atoms with Crippen molar-refractivity contribution in [3.63, 3.8) is 0 Å². The van der Waals surface area contributed by atoms with E-state index in [1.165, 1.54) is 22.0 Å². The van der Waals surface area contributed by atoms with Gasteiger partial charge in [-0.05, 0) is 24.1 Å². The number of hydrogen-bond donors (Lipinski definition) is 0. The zero-order chi connectivity index (χ0) is 17.5. The normalized spacial score (nSPS) is 14.1. The Morgan fingerprint density at radius 2 is 2.08 bits per heavy atom. The third kappa shape index (κ3) is 4.38. The highest BCUT2D eigenvalue weighted by Gasteiger charge is 2.27. The minimum atomic E-state index is -0.352. The minimum Gasteiger partial charge on any atom is -0.324 e. The van der Waals surface area contributed by atoms with Gasteiger partial charge in [0.2, 0.25) is 5.91 Å². The molecule has 6 nitrogen and oxygen atoms in total. The summed E-state index contributed by atoms with van der Waals surface area (Å²) in [7, 11) is 0. The summed E-state index contributed by atoms with van der Waals surface area (Å²) in [6.45, 7) is 2.57. The summed E-state index contributed by atoms with van der Waals surface area (Å²) in [5.41, 5.74) is 1.00. The summed E-state index contributed by atoms with van der Waals surface area (Å²) in [6.07, 6.45) is 1.19. The van der Waals surface area contributed by atoms with Gasteiger partial charge in [-0.1, -0.05) is 19.1 Å². The smallest absolute Gasteiger partial charge is 0.270 e. The fourth-order valence-electron chi connectivity index (χ4n) is 2.43. The number of nitriles is 1. The third-order valence-electron chi connectivity index (χ3n) is 3.64. The van der Waals surface area contributed by atoms with Crippen molar-refractivity contribution in [3.8, 4) is 6.07 Å². The van der Waals surface area contributed by atoms with Gasteiger partial charge in [0.15, 0.2) is 0 Å². The summed E-state index contributed by atoms with van der Waals surface area (Å²) in [6, 6.07) is 7.75. The van der Waals surface area contributed by atoms with Crippen LogP contribution in [0.2, 0.25) is 0 Å². The lowest BCUT2D eigenvalue weighted by molar-refractivity contribution is -0.132. The third-order valence-corrected chi connectivity index (χ3v) is 3.64. The van der Waals surface area contributed by atoms with Gasteiger partial charge in [0.05, 0.1) is 12.6 Å². The van der Waals surface area contributed by atoms with E-state index in [1.807, 2.05) is 13.0 Å². The van der Waals surface area contributed by atoms with Crippen molar-refractivity contribution in [3.05, 3.63) is 35.6 Å². The number of amides is 2. The van der Waals surface area contributed by atoms with Crippen LogP contribution < -0.4 is 0 Å². The first kappa shape index (κ1) is 17.6. The molecule has 0 aromatic heterocycles. The number of nitrogens with zero attached hydrogens (tertiary/aromatic N) is 4. The van der Waals surface area contributed by atoms with Crippen LogP contribution in [0.25, 0.3) is 0 Å². The monoisotopic (exact) mass is 330 g/mol. The van der Waals surface area contributed by atoms with Gasteiger partial charge in [0, 0.05) is 19.4 Å². The lowest BCUT2D eigenvalue weighted by Crippen LogP contribution is -2.41. The Bertz CT molecular complexity index is 679. The molecule has 1 aromatic carbocycles. The van der Waals surface area contributed by atoms with E-state index in [1.54, 1.807) is 12.1 Å². The highest BCUT2D eigenvalue weighted by atomic mass is 19.1. The molecule has 24 heavy (non-hydrogen) atoms. The molecule has 0 bridgehead atoms. The van der Waals surface area contributed by atoms with Crippen LogP contribution in [0.4, 0.5) is 4.39 Å². The van der Waals surface area contributed by atoms with Gasteiger partial charge in [0.1, 0.15) is 18.1 Å². The first-order valence-corrected chi connectivity index (χ1v) is 7.83. The number of hydrogen-bond acceptors (Lipinski definition) is 4. The molecule has 0 unspecified atom stereocenters. The maximum absolute atomic E-state index is 13.0. The largest absolute Gasteiger partial charge is 0.324 e. The van der Waals surface area contributed by atoms with Crippen molar-refractivity contribution in [1.29, 1.82) is 5.26 Å². The first-order valence-electron chi connectivity index (χ1n) is 7.83. The van der Waals surface area contributed by atoms with Gasteiger partial charge in [-0.25, -0.2) is 9.40 Å². The average Bonchev–Trinajstić information content (AvgIpc) is 2.58. The summed E-state index contributed by atoms with van der Waals surface area (Å²) < 4.78 is 13.0. The zero-order valence-electron chi connectivity index (χ0n) is 13.5. The Balaban J connectivity index is 2.15. The van der Waals surface area contributed by atoms with Crippen molar-refractivity contribution in [2.45, 2.75) is 32.7 Å². The molecule has 2 rings (SSSR count). The second kappa shape index (κ2) is 8.20. The van der Waals surface area contributed by atoms with E-state index in [-0.39, 0.29) is 49.3 Å². The molecule has 0 N–H and O–H groups in total. The molecular weight excluding hydrogens is 311 g/mol. The highest BCUT2D eigenvalue weighted by Crippen LogP contribution is 2.15. The molecule has 1 heterocycles. The van der Waals surface area contributed by atoms with Crippen molar-refractivity contribution in [2.24, 2.45) is 5.10 Å². The fraction of sp³-hybridized carbons (Fsp3) is 0.412. The van der Waals surface area contributed by atoms with Crippen LogP contribution in [-0.2, 0) is 16.1 Å². The molecular formula is C17H19FN4O2. The zero-order valence-corrected chi connectivity index (χ0v) is 13.5. The molecule has 0 fully saturated rings. The molecule has 0 aliphatic carbocycles. The minimum absolute atomic E-state index is 0.00238. The molecule has 1 aliphatic rings. The van der Waals surface area contributed by atoms with E-state index in [2.05, 4.69) is 5.10 Å². The molecule has 2 amide bonds. The molecule has 7 heteroatoms. The number of carbonyl (C=O) groups is 2. The van der Waals surface area contributed by atoms with E-state index in [4.69, 9.17) is 5.26 Å². The number of hydrazone groups is 1. The second-order valence-electron chi connectivity index (χ2n) is 5.51. The maximum Gasteiger partial charge on any atom is 0.270 e. The van der Waals surface area contributed by atoms with Crippen LogP contribution in [0, 0.1) is 17.1 Å². The van der Waals surface area contributed by atoms with Gasteiger partial charge in [-0.2, -0.15) is 10.4 Å². The SMILES string of the molecule is CCCN(CC#N)C(=O)C1=NN(Cc2ccc(F)cc2)C(=O)CC1. The Morgan fingerprint density at radius 3 is 2.71 bits per heavy atom. The Morgan fingerprint density at radius 1 is 1.38 bits per heavy atom. The molecule has 0 saturated carbocycles. The van der Waals surface area contributed by atoms with Crippen LogP contribution in [0.5, 0.6) is 0 Å². The fourth-order valence-corrected chi connectivity index (χ4v) is 2.43. The summed E-state index contributed by atoms with van der Waals surface area (Å²) in [5.74, 6) is -0.844. The van der Waals surface area contributed by atoms with Gasteiger partial charge in [0.25, 0.3) is 5.91 Å². The molecule has 0 spiro atoms. The maximum atomic E-state index is 13.0. The summed E-state index contributed by atoms with van der Waals surface area (Å²) in [4.78, 5) is 25.9. The molecule has 0 radical (unpaired) electrons. The van der Waals surface area contributed by atoms with Crippen LogP contribution in [0.3, 0.4) is 0 Å². The van der Waals surface area contributed by atoms with Crippen molar-refractivity contribution in [2.75, 3.05) is 13.1 Å². The Labute approximate surface area is 140 Å². The molecule has 0 atom stereocenters. The highest BCUT2D eigenvalue weighted by molar-refractivity contribution is 6.39. The second-order valence-corrected chi connectivity index (χ2v) is 5.51. The Hall–Kier alpha value is -2.75. The van der Waals surface area contributed by atoms with Gasteiger partial charge >= 0.3 is 0 Å². The van der Waals surface area contributed by atoms with Gasteiger partial charge in [-0.15, -0.1) is 0 Å². The summed E-state index contributed by atoms with van der Waals surface area (Å²) >= 11 is 0. The summed E-state index contributed by atoms with van der Waals surface area (Å²) in [5, 5.41) is 14.3. The lowest BCUT2D eigenvalue weighted by atomic mass is 10.1. The number of carbonyl (C=O) groups excluding carboxylic acids is 2.